The molecule has 0 radical (unpaired) electrons. The van der Waals surface area contributed by atoms with Crippen LogP contribution in [0.2, 0.25) is 0 Å². The summed E-state index contributed by atoms with van der Waals surface area (Å²) in [7, 11) is -0.313. The van der Waals surface area contributed by atoms with Gasteiger partial charge in [0.1, 0.15) is 0 Å². The van der Waals surface area contributed by atoms with E-state index in [0.717, 1.165) is 5.47 Å². The Bertz CT molecular complexity index is 316. The zero-order valence-electron chi connectivity index (χ0n) is 12.1. The van der Waals surface area contributed by atoms with E-state index in [2.05, 4.69) is 32.7 Å². The molecule has 0 unspecified atom stereocenters. The Morgan fingerprint density at radius 1 is 1.12 bits per heavy atom. The standard InChI is InChI=1S/C13H24BNO2/c1-8-11(9-15-10(2)3)14-16-12(4,5)13(6,7)17-14/h8-10H,1-7H3/b11-8+,15-9-. The highest BCUT2D eigenvalue weighted by Gasteiger charge is 2.52. The predicted octanol–water partition coefficient (Wildman–Crippen LogP) is 3.04. The van der Waals surface area contributed by atoms with Gasteiger partial charge in [0.05, 0.1) is 11.2 Å². The molecule has 1 aliphatic heterocycles. The van der Waals surface area contributed by atoms with Crippen molar-refractivity contribution < 1.29 is 9.31 Å². The number of allylic oxidation sites excluding steroid dienone is 2. The molecule has 0 aromatic rings. The molecule has 0 aromatic carbocycles. The van der Waals surface area contributed by atoms with Gasteiger partial charge < -0.3 is 9.31 Å². The third kappa shape index (κ3) is 3.20. The zero-order chi connectivity index (χ0) is 13.3. The van der Waals surface area contributed by atoms with Crippen molar-refractivity contribution in [3.63, 3.8) is 0 Å². The average molecular weight is 237 g/mol. The molecule has 1 aliphatic rings. The van der Waals surface area contributed by atoms with Crippen molar-refractivity contribution in [3.05, 3.63) is 11.5 Å². The van der Waals surface area contributed by atoms with Gasteiger partial charge in [-0.2, -0.15) is 0 Å². The highest BCUT2D eigenvalue weighted by molar-refractivity contribution is 6.60. The van der Waals surface area contributed by atoms with Crippen molar-refractivity contribution >= 4 is 13.3 Å². The topological polar surface area (TPSA) is 30.8 Å². The molecule has 0 saturated carbocycles. The monoisotopic (exact) mass is 237 g/mol. The van der Waals surface area contributed by atoms with E-state index in [0.29, 0.717) is 0 Å². The van der Waals surface area contributed by atoms with Crippen LogP contribution in [0.15, 0.2) is 16.5 Å². The van der Waals surface area contributed by atoms with Gasteiger partial charge in [0.25, 0.3) is 0 Å². The molecule has 0 aromatic heterocycles. The number of hydrogen-bond acceptors (Lipinski definition) is 3. The van der Waals surface area contributed by atoms with Crippen LogP contribution in [0.1, 0.15) is 48.5 Å². The number of rotatable bonds is 3. The molecule has 0 atom stereocenters. The lowest BCUT2D eigenvalue weighted by atomic mass is 9.78. The molecule has 1 saturated heterocycles. The molecule has 1 heterocycles. The molecule has 1 rings (SSSR count). The van der Waals surface area contributed by atoms with Crippen molar-refractivity contribution in [1.29, 1.82) is 0 Å². The first kappa shape index (κ1) is 14.5. The summed E-state index contributed by atoms with van der Waals surface area (Å²) in [4.78, 5) is 4.38. The van der Waals surface area contributed by atoms with Crippen LogP contribution in [-0.2, 0) is 9.31 Å². The fraction of sp³-hybridized carbons (Fsp3) is 0.769. The molecule has 0 bridgehead atoms. The van der Waals surface area contributed by atoms with Crippen molar-refractivity contribution in [2.75, 3.05) is 0 Å². The first-order chi connectivity index (χ1) is 7.69. The van der Waals surface area contributed by atoms with E-state index in [9.17, 15) is 0 Å². The SMILES string of the molecule is C/C=C(\C=N/C(C)C)B1OC(C)(C)C(C)(C)O1. The summed E-state index contributed by atoms with van der Waals surface area (Å²) in [6.07, 6.45) is 3.85. The lowest BCUT2D eigenvalue weighted by Crippen LogP contribution is -2.41. The molecule has 0 amide bonds. The van der Waals surface area contributed by atoms with Crippen LogP contribution in [0, 0.1) is 0 Å². The molecule has 3 nitrogen and oxygen atoms in total. The summed E-state index contributed by atoms with van der Waals surface area (Å²) in [5.41, 5.74) is 0.396. The molecular formula is C13H24BNO2. The van der Waals surface area contributed by atoms with E-state index in [1.54, 1.807) is 0 Å². The van der Waals surface area contributed by atoms with Gasteiger partial charge in [-0.05, 0) is 53.9 Å². The first-order valence-electron chi connectivity index (χ1n) is 6.24. The highest BCUT2D eigenvalue weighted by atomic mass is 16.7. The minimum atomic E-state index is -0.313. The van der Waals surface area contributed by atoms with Gasteiger partial charge in [-0.1, -0.05) is 6.08 Å². The van der Waals surface area contributed by atoms with Gasteiger partial charge in [0.15, 0.2) is 0 Å². The summed E-state index contributed by atoms with van der Waals surface area (Å²) in [6, 6.07) is 0.285. The van der Waals surface area contributed by atoms with Crippen LogP contribution in [0.3, 0.4) is 0 Å². The number of hydrogen-bond donors (Lipinski definition) is 0. The third-order valence-corrected chi connectivity index (χ3v) is 3.38. The highest BCUT2D eigenvalue weighted by Crippen LogP contribution is 2.38. The molecule has 96 valence electrons. The summed E-state index contributed by atoms with van der Waals surface area (Å²) in [5, 5.41) is 0. The Labute approximate surface area is 105 Å². The minimum Gasteiger partial charge on any atom is -0.399 e. The molecule has 1 fully saturated rings. The molecule has 0 aliphatic carbocycles. The fourth-order valence-corrected chi connectivity index (χ4v) is 1.49. The average Bonchev–Trinajstić information content (AvgIpc) is 2.36. The van der Waals surface area contributed by atoms with Gasteiger partial charge >= 0.3 is 7.12 Å². The lowest BCUT2D eigenvalue weighted by molar-refractivity contribution is 0.00578. The predicted molar refractivity (Wildman–Crippen MR) is 73.5 cm³/mol. The van der Waals surface area contributed by atoms with Crippen LogP contribution in [0.5, 0.6) is 0 Å². The van der Waals surface area contributed by atoms with Crippen LogP contribution < -0.4 is 0 Å². The Morgan fingerprint density at radius 2 is 1.59 bits per heavy atom. The summed E-state index contributed by atoms with van der Waals surface area (Å²) >= 11 is 0. The van der Waals surface area contributed by atoms with E-state index in [-0.39, 0.29) is 24.4 Å². The molecular weight excluding hydrogens is 213 g/mol. The smallest absolute Gasteiger partial charge is 0.399 e. The van der Waals surface area contributed by atoms with Gasteiger partial charge in [-0.15, -0.1) is 0 Å². The quantitative estimate of drug-likeness (QED) is 0.558. The lowest BCUT2D eigenvalue weighted by Gasteiger charge is -2.32. The van der Waals surface area contributed by atoms with Gasteiger partial charge in [0, 0.05) is 12.3 Å². The van der Waals surface area contributed by atoms with Crippen molar-refractivity contribution in [3.8, 4) is 0 Å². The fourth-order valence-electron chi connectivity index (χ4n) is 1.49. The zero-order valence-corrected chi connectivity index (χ0v) is 12.1. The van der Waals surface area contributed by atoms with Crippen molar-refractivity contribution in [2.24, 2.45) is 4.99 Å². The van der Waals surface area contributed by atoms with Gasteiger partial charge in [-0.25, -0.2) is 0 Å². The molecule has 17 heavy (non-hydrogen) atoms. The largest absolute Gasteiger partial charge is 0.496 e. The van der Waals surface area contributed by atoms with Gasteiger partial charge in [-0.3, -0.25) is 4.99 Å². The summed E-state index contributed by atoms with van der Waals surface area (Å²) in [6.45, 7) is 14.3. The second-order valence-corrected chi connectivity index (χ2v) is 5.75. The Balaban J connectivity index is 2.82. The second-order valence-electron chi connectivity index (χ2n) is 5.75. The third-order valence-electron chi connectivity index (χ3n) is 3.38. The van der Waals surface area contributed by atoms with Crippen LogP contribution in [-0.4, -0.2) is 30.6 Å². The molecule has 0 N–H and O–H groups in total. The Hall–Kier alpha value is -0.605. The van der Waals surface area contributed by atoms with Crippen molar-refractivity contribution in [1.82, 2.24) is 0 Å². The maximum Gasteiger partial charge on any atom is 0.496 e. The first-order valence-corrected chi connectivity index (χ1v) is 6.24. The minimum absolute atomic E-state index is 0.285. The Kier molecular flexibility index (Phi) is 4.21. The van der Waals surface area contributed by atoms with E-state index in [1.807, 2.05) is 33.1 Å². The van der Waals surface area contributed by atoms with E-state index >= 15 is 0 Å². The van der Waals surface area contributed by atoms with Crippen LogP contribution in [0.25, 0.3) is 0 Å². The Morgan fingerprint density at radius 3 is 1.94 bits per heavy atom. The van der Waals surface area contributed by atoms with Crippen molar-refractivity contribution in [2.45, 2.75) is 65.7 Å². The van der Waals surface area contributed by atoms with E-state index in [4.69, 9.17) is 9.31 Å². The second kappa shape index (κ2) is 4.95. The number of nitrogens with zero attached hydrogens (tertiary/aromatic N) is 1. The normalized spacial score (nSPS) is 24.0. The maximum absolute atomic E-state index is 5.97. The summed E-state index contributed by atoms with van der Waals surface area (Å²) in [5.74, 6) is 0. The van der Waals surface area contributed by atoms with E-state index in [1.165, 1.54) is 0 Å². The molecule has 0 spiro atoms. The van der Waals surface area contributed by atoms with Gasteiger partial charge in [0.2, 0.25) is 0 Å². The van der Waals surface area contributed by atoms with E-state index < -0.39 is 0 Å². The van der Waals surface area contributed by atoms with Crippen LogP contribution in [0.4, 0.5) is 0 Å². The summed E-state index contributed by atoms with van der Waals surface area (Å²) < 4.78 is 11.9. The number of aliphatic imine (C=N–C) groups is 1. The maximum atomic E-state index is 5.97. The molecule has 4 heteroatoms. The van der Waals surface area contributed by atoms with Crippen LogP contribution >= 0.6 is 0 Å².